The Labute approximate surface area is 270 Å². The van der Waals surface area contributed by atoms with Gasteiger partial charge in [-0.3, -0.25) is 14.6 Å². The molecular formula is C34H37F4N3O6. The number of nitrogens with zero attached hydrogens (tertiary/aromatic N) is 1. The fourth-order valence-electron chi connectivity index (χ4n) is 5.51. The molecule has 13 heteroatoms. The number of halogens is 4. The molecule has 252 valence electrons. The zero-order valence-electron chi connectivity index (χ0n) is 26.1. The van der Waals surface area contributed by atoms with Crippen molar-refractivity contribution in [3.05, 3.63) is 100 Å². The standard InChI is InChI=1S/C34H37F4N3O6/c1-3-4-31(43)47-19-26-18-46-27(16-40-26)9-10-28-22(15-39-17-29(28)38)13-30(42)33(41-34(44)45-2)32(20-5-7-23(35)8-6-20)21-11-24(36)14-25(37)12-21/h5-8,11-12,14-15,17,26-27,32-33,40H,3-4,9-10,13,16,18-19H2,1-2H3,(H,41,44)/t26-,27+,32-,33+/m0/s1. The van der Waals surface area contributed by atoms with Gasteiger partial charge in [-0.25, -0.2) is 22.4 Å². The molecule has 1 saturated heterocycles. The minimum Gasteiger partial charge on any atom is -0.464 e. The van der Waals surface area contributed by atoms with E-state index in [1.807, 2.05) is 6.92 Å². The van der Waals surface area contributed by atoms with Gasteiger partial charge in [-0.05, 0) is 65.8 Å². The molecule has 0 spiro atoms. The summed E-state index contributed by atoms with van der Waals surface area (Å²) in [5, 5.41) is 5.73. The molecule has 47 heavy (non-hydrogen) atoms. The molecule has 0 aliphatic carbocycles. The van der Waals surface area contributed by atoms with E-state index in [0.29, 0.717) is 38.5 Å². The van der Waals surface area contributed by atoms with Crippen LogP contribution >= 0.6 is 0 Å². The first-order chi connectivity index (χ1) is 22.6. The van der Waals surface area contributed by atoms with Gasteiger partial charge in [0.1, 0.15) is 35.9 Å². The molecule has 2 N–H and O–H groups in total. The lowest BCUT2D eigenvalue weighted by Gasteiger charge is -2.30. The second-order valence-electron chi connectivity index (χ2n) is 11.3. The number of rotatable bonds is 14. The van der Waals surface area contributed by atoms with Crippen molar-refractivity contribution in [1.82, 2.24) is 15.6 Å². The average molecular weight is 660 g/mol. The molecule has 0 saturated carbocycles. The van der Waals surface area contributed by atoms with Gasteiger partial charge in [-0.15, -0.1) is 0 Å². The van der Waals surface area contributed by atoms with Crippen LogP contribution in [0.15, 0.2) is 54.9 Å². The molecule has 1 fully saturated rings. The number of ether oxygens (including phenoxy) is 3. The van der Waals surface area contributed by atoms with Crippen molar-refractivity contribution in [3.8, 4) is 0 Å². The van der Waals surface area contributed by atoms with E-state index in [1.54, 1.807) is 0 Å². The summed E-state index contributed by atoms with van der Waals surface area (Å²) in [6.45, 7) is 2.79. The highest BCUT2D eigenvalue weighted by Gasteiger charge is 2.34. The highest BCUT2D eigenvalue weighted by molar-refractivity contribution is 5.90. The zero-order chi connectivity index (χ0) is 33.9. The molecular weight excluding hydrogens is 622 g/mol. The van der Waals surface area contributed by atoms with Gasteiger partial charge in [0, 0.05) is 37.6 Å². The van der Waals surface area contributed by atoms with E-state index in [9.17, 15) is 27.6 Å². The van der Waals surface area contributed by atoms with Crippen LogP contribution in [-0.4, -0.2) is 67.9 Å². The Balaban J connectivity index is 1.53. The van der Waals surface area contributed by atoms with Crippen LogP contribution in [0.25, 0.3) is 0 Å². The Hall–Kier alpha value is -4.36. The number of hydrogen-bond acceptors (Lipinski definition) is 8. The Morgan fingerprint density at radius 1 is 1.02 bits per heavy atom. The summed E-state index contributed by atoms with van der Waals surface area (Å²) in [6.07, 6.45) is 2.31. The van der Waals surface area contributed by atoms with Gasteiger partial charge in [0.05, 0.1) is 32.1 Å². The van der Waals surface area contributed by atoms with E-state index in [1.165, 1.54) is 18.3 Å². The molecule has 0 bridgehead atoms. The van der Waals surface area contributed by atoms with Crippen molar-refractivity contribution < 1.29 is 46.2 Å². The lowest BCUT2D eigenvalue weighted by molar-refractivity contribution is -0.145. The molecule has 0 radical (unpaired) electrons. The Morgan fingerprint density at radius 3 is 2.38 bits per heavy atom. The maximum atomic E-state index is 15.1. The van der Waals surface area contributed by atoms with E-state index in [0.717, 1.165) is 37.6 Å². The second kappa shape index (κ2) is 17.0. The summed E-state index contributed by atoms with van der Waals surface area (Å²) >= 11 is 0. The molecule has 2 aromatic carbocycles. The summed E-state index contributed by atoms with van der Waals surface area (Å²) in [6, 6.07) is 5.99. The molecule has 1 aliphatic rings. The molecule has 4 rings (SSSR count). The summed E-state index contributed by atoms with van der Waals surface area (Å²) in [5.74, 6) is -5.15. The molecule has 1 aliphatic heterocycles. The number of nitrogens with one attached hydrogen (secondary N) is 2. The van der Waals surface area contributed by atoms with Crippen LogP contribution in [0.5, 0.6) is 0 Å². The Kier molecular flexibility index (Phi) is 12.8. The molecule has 0 unspecified atom stereocenters. The average Bonchev–Trinajstić information content (AvgIpc) is 3.04. The quantitative estimate of drug-likeness (QED) is 0.185. The second-order valence-corrected chi connectivity index (χ2v) is 11.3. The van der Waals surface area contributed by atoms with Crippen molar-refractivity contribution in [2.45, 2.75) is 63.1 Å². The number of amides is 1. The van der Waals surface area contributed by atoms with E-state index in [-0.39, 0.29) is 53.4 Å². The van der Waals surface area contributed by atoms with Gasteiger partial charge in [0.15, 0.2) is 5.78 Å². The number of esters is 1. The number of morpholine rings is 1. The van der Waals surface area contributed by atoms with E-state index < -0.39 is 53.5 Å². The largest absolute Gasteiger partial charge is 0.464 e. The van der Waals surface area contributed by atoms with Crippen molar-refractivity contribution in [2.24, 2.45) is 0 Å². The van der Waals surface area contributed by atoms with Crippen LogP contribution < -0.4 is 10.6 Å². The maximum Gasteiger partial charge on any atom is 0.407 e. The first-order valence-corrected chi connectivity index (χ1v) is 15.3. The number of pyridine rings is 1. The molecule has 3 aromatic rings. The smallest absolute Gasteiger partial charge is 0.407 e. The molecule has 1 amide bonds. The number of methoxy groups -OCH3 is 1. The lowest BCUT2D eigenvalue weighted by Crippen LogP contribution is -2.49. The molecule has 1 aromatic heterocycles. The third-order valence-corrected chi connectivity index (χ3v) is 7.85. The number of carbonyl (C=O) groups is 3. The highest BCUT2D eigenvalue weighted by Crippen LogP contribution is 2.31. The van der Waals surface area contributed by atoms with Gasteiger partial charge in [-0.2, -0.15) is 0 Å². The monoisotopic (exact) mass is 659 g/mol. The van der Waals surface area contributed by atoms with Crippen LogP contribution in [0.2, 0.25) is 0 Å². The van der Waals surface area contributed by atoms with Gasteiger partial charge in [0.2, 0.25) is 0 Å². The van der Waals surface area contributed by atoms with Gasteiger partial charge >= 0.3 is 12.1 Å². The van der Waals surface area contributed by atoms with Crippen LogP contribution in [0.4, 0.5) is 22.4 Å². The van der Waals surface area contributed by atoms with Gasteiger partial charge in [0.25, 0.3) is 0 Å². The summed E-state index contributed by atoms with van der Waals surface area (Å²) < 4.78 is 73.6. The number of aromatic nitrogens is 1. The first kappa shape index (κ1) is 35.5. The number of benzene rings is 2. The number of ketones is 1. The van der Waals surface area contributed by atoms with E-state index in [4.69, 9.17) is 14.2 Å². The predicted octanol–water partition coefficient (Wildman–Crippen LogP) is 4.94. The minimum atomic E-state index is -1.46. The van der Waals surface area contributed by atoms with Crippen LogP contribution in [-0.2, 0) is 36.6 Å². The topological polar surface area (TPSA) is 116 Å². The summed E-state index contributed by atoms with van der Waals surface area (Å²) in [7, 11) is 1.09. The number of carbonyl (C=O) groups excluding carboxylic acids is 3. The fourth-order valence-corrected chi connectivity index (χ4v) is 5.51. The van der Waals surface area contributed by atoms with Crippen LogP contribution in [0, 0.1) is 23.3 Å². The fraction of sp³-hybridized carbons (Fsp3) is 0.412. The number of alkyl carbamates (subject to hydrolysis) is 1. The van der Waals surface area contributed by atoms with Crippen LogP contribution in [0.1, 0.15) is 54.4 Å². The normalized spacial score (nSPS) is 17.4. The van der Waals surface area contributed by atoms with Crippen molar-refractivity contribution in [2.75, 3.05) is 26.9 Å². The SMILES string of the molecule is CCCC(=O)OC[C@@H]1CO[C@H](CCc2c(F)cncc2CC(=O)[C@@H](NC(=O)OC)[C@@H](c2ccc(F)cc2)c2cc(F)cc(F)c2)CN1. The third-order valence-electron chi connectivity index (χ3n) is 7.85. The first-order valence-electron chi connectivity index (χ1n) is 15.3. The Bertz CT molecular complexity index is 1510. The predicted molar refractivity (Wildman–Crippen MR) is 163 cm³/mol. The Morgan fingerprint density at radius 2 is 1.74 bits per heavy atom. The van der Waals surface area contributed by atoms with Crippen molar-refractivity contribution in [3.63, 3.8) is 0 Å². The van der Waals surface area contributed by atoms with Gasteiger partial charge in [-0.1, -0.05) is 19.1 Å². The van der Waals surface area contributed by atoms with Crippen molar-refractivity contribution >= 4 is 17.8 Å². The maximum absolute atomic E-state index is 15.1. The number of hydrogen-bond donors (Lipinski definition) is 2. The number of Topliss-reactive ketones (excluding diaryl/α,β-unsaturated/α-hetero) is 1. The zero-order valence-corrected chi connectivity index (χ0v) is 26.1. The third kappa shape index (κ3) is 10.1. The molecule has 9 nitrogen and oxygen atoms in total. The highest BCUT2D eigenvalue weighted by atomic mass is 19.1. The van der Waals surface area contributed by atoms with Gasteiger partial charge < -0.3 is 24.8 Å². The minimum absolute atomic E-state index is 0.00170. The van der Waals surface area contributed by atoms with E-state index >= 15 is 4.39 Å². The summed E-state index contributed by atoms with van der Waals surface area (Å²) in [4.78, 5) is 42.0. The van der Waals surface area contributed by atoms with E-state index in [2.05, 4.69) is 15.6 Å². The lowest BCUT2D eigenvalue weighted by atomic mass is 9.81. The summed E-state index contributed by atoms with van der Waals surface area (Å²) in [5.41, 5.74) is 0.755. The van der Waals surface area contributed by atoms with Crippen molar-refractivity contribution in [1.29, 1.82) is 0 Å². The molecule has 2 heterocycles. The molecule has 4 atom stereocenters. The van der Waals surface area contributed by atoms with Crippen LogP contribution in [0.3, 0.4) is 0 Å².